The minimum Gasteiger partial charge on any atom is -0.440 e. The summed E-state index contributed by atoms with van der Waals surface area (Å²) in [5, 5.41) is 0. The largest absolute Gasteiger partial charge is 0.440 e. The van der Waals surface area contributed by atoms with Gasteiger partial charge in [0.1, 0.15) is 25.3 Å². The summed E-state index contributed by atoms with van der Waals surface area (Å²) >= 11 is 0. The first-order valence-corrected chi connectivity index (χ1v) is 12.1. The fourth-order valence-corrected chi connectivity index (χ4v) is 5.03. The minimum atomic E-state index is -1.28. The van der Waals surface area contributed by atoms with E-state index in [0.717, 1.165) is 32.1 Å². The zero-order chi connectivity index (χ0) is 23.7. The lowest BCUT2D eigenvalue weighted by Gasteiger charge is -2.62. The van der Waals surface area contributed by atoms with Gasteiger partial charge in [-0.15, -0.1) is 12.5 Å². The van der Waals surface area contributed by atoms with Gasteiger partial charge in [0, 0.05) is 18.6 Å². The van der Waals surface area contributed by atoms with E-state index in [-0.39, 0.29) is 31.9 Å². The van der Waals surface area contributed by atoms with Crippen LogP contribution in [-0.4, -0.2) is 50.1 Å². The Bertz CT molecular complexity index is 682. The average molecular weight is 451 g/mol. The summed E-state index contributed by atoms with van der Waals surface area (Å²) in [4.78, 5) is 12.9. The van der Waals surface area contributed by atoms with E-state index in [1.165, 1.54) is 0 Å². The third-order valence-electron chi connectivity index (χ3n) is 6.94. The van der Waals surface area contributed by atoms with Crippen LogP contribution >= 0.6 is 0 Å². The fourth-order valence-electron chi connectivity index (χ4n) is 5.03. The molecule has 32 heavy (non-hydrogen) atoms. The quantitative estimate of drug-likeness (QED) is 0.129. The zero-order valence-corrected chi connectivity index (χ0v) is 20.7. The topological polar surface area (TPSA) is 63.2 Å². The van der Waals surface area contributed by atoms with Crippen LogP contribution in [-0.2, 0) is 28.5 Å². The average Bonchev–Trinajstić information content (AvgIpc) is 2.76. The molecule has 2 aliphatic rings. The van der Waals surface area contributed by atoms with Crippen molar-refractivity contribution in [3.05, 3.63) is 12.7 Å². The van der Waals surface area contributed by atoms with E-state index >= 15 is 0 Å². The predicted octanol–water partition coefficient (Wildman–Crippen LogP) is 5.01. The van der Waals surface area contributed by atoms with E-state index in [2.05, 4.69) is 39.2 Å². The number of rotatable bonds is 13. The first-order valence-electron chi connectivity index (χ1n) is 12.1. The number of unbranched alkanes of at least 4 members (excludes halogenated alkanes) is 2. The summed E-state index contributed by atoms with van der Waals surface area (Å²) in [6, 6.07) is 0. The second kappa shape index (κ2) is 12.2. The molecule has 1 saturated carbocycles. The van der Waals surface area contributed by atoms with Gasteiger partial charge in [0.05, 0.1) is 6.42 Å². The third kappa shape index (κ3) is 5.22. The molecule has 3 unspecified atom stereocenters. The van der Waals surface area contributed by atoms with Gasteiger partial charge >= 0.3 is 5.97 Å². The number of carbonyl (C=O) groups is 1. The maximum Gasteiger partial charge on any atom is 0.308 e. The highest BCUT2D eigenvalue weighted by molar-refractivity contribution is 5.74. The molecule has 1 saturated heterocycles. The molecule has 0 spiro atoms. The van der Waals surface area contributed by atoms with Gasteiger partial charge in [0.25, 0.3) is 0 Å². The Labute approximate surface area is 194 Å². The summed E-state index contributed by atoms with van der Waals surface area (Å²) in [5.74, 6) is 6.02. The first kappa shape index (κ1) is 26.9. The van der Waals surface area contributed by atoms with Crippen LogP contribution in [0.4, 0.5) is 0 Å². The molecular formula is C26H42O6. The predicted molar refractivity (Wildman–Crippen MR) is 124 cm³/mol. The van der Waals surface area contributed by atoms with Crippen molar-refractivity contribution in [1.82, 2.24) is 0 Å². The van der Waals surface area contributed by atoms with E-state index in [9.17, 15) is 4.79 Å². The monoisotopic (exact) mass is 450 g/mol. The normalized spacial score (nSPS) is 34.2. The second-order valence-corrected chi connectivity index (χ2v) is 9.22. The van der Waals surface area contributed by atoms with Crippen LogP contribution in [0, 0.1) is 23.2 Å². The van der Waals surface area contributed by atoms with Crippen LogP contribution < -0.4 is 0 Å². The molecule has 6 nitrogen and oxygen atoms in total. The van der Waals surface area contributed by atoms with Crippen molar-refractivity contribution in [2.45, 2.75) is 96.9 Å². The number of esters is 1. The van der Waals surface area contributed by atoms with Gasteiger partial charge in [-0.1, -0.05) is 46.6 Å². The standard InChI is InChI=1S/C26H42O6/c1-7-11-16-28-19-30-23-21(5)13-15-26(31-20-29-17-12-8-2)24(6,10-4)18-22(27)32-25(23,26)14-9-3/h10,21,23H,4,7-8,11-13,15-20H2,1-3,5-6H3/t21?,23?,24-,25?,26+/m0/s1. The Morgan fingerprint density at radius 3 is 2.44 bits per heavy atom. The Balaban J connectivity index is 2.44. The van der Waals surface area contributed by atoms with Crippen molar-refractivity contribution in [1.29, 1.82) is 0 Å². The first-order chi connectivity index (χ1) is 15.4. The van der Waals surface area contributed by atoms with Crippen molar-refractivity contribution in [2.24, 2.45) is 11.3 Å². The molecule has 1 aliphatic heterocycles. The van der Waals surface area contributed by atoms with E-state index in [1.807, 2.05) is 13.0 Å². The number of fused-ring (bicyclic) bond motifs is 1. The maximum absolute atomic E-state index is 12.9. The summed E-state index contributed by atoms with van der Waals surface area (Å²) < 4.78 is 30.4. The van der Waals surface area contributed by atoms with Gasteiger partial charge in [-0.2, -0.15) is 0 Å². The maximum atomic E-state index is 12.9. The lowest BCUT2D eigenvalue weighted by atomic mass is 9.53. The third-order valence-corrected chi connectivity index (χ3v) is 6.94. The summed E-state index contributed by atoms with van der Waals surface area (Å²) in [5.41, 5.74) is -2.91. The SMILES string of the molecule is C=C[C@@]1(C)CC(=O)OC2(C#CC)C(OCOCCCC)C(C)CC[C@]21OCOCCCC. The van der Waals surface area contributed by atoms with Crippen LogP contribution in [0.5, 0.6) is 0 Å². The number of ether oxygens (including phenoxy) is 5. The Morgan fingerprint density at radius 1 is 1.19 bits per heavy atom. The van der Waals surface area contributed by atoms with Gasteiger partial charge in [-0.25, -0.2) is 0 Å². The minimum absolute atomic E-state index is 0.0994. The number of hydrogen-bond acceptors (Lipinski definition) is 6. The van der Waals surface area contributed by atoms with Crippen LogP contribution in [0.1, 0.15) is 79.6 Å². The number of hydrogen-bond donors (Lipinski definition) is 0. The van der Waals surface area contributed by atoms with Crippen LogP contribution in [0.15, 0.2) is 12.7 Å². The van der Waals surface area contributed by atoms with Crippen molar-refractivity contribution < 1.29 is 28.5 Å². The Kier molecular flexibility index (Phi) is 10.2. The zero-order valence-electron chi connectivity index (χ0n) is 20.7. The van der Waals surface area contributed by atoms with Crippen molar-refractivity contribution >= 4 is 5.97 Å². The molecule has 1 heterocycles. The molecule has 182 valence electrons. The highest BCUT2D eigenvalue weighted by atomic mass is 16.7. The molecule has 0 aromatic carbocycles. The molecule has 5 atom stereocenters. The molecular weight excluding hydrogens is 408 g/mol. The van der Waals surface area contributed by atoms with Crippen molar-refractivity contribution in [3.63, 3.8) is 0 Å². The second-order valence-electron chi connectivity index (χ2n) is 9.22. The van der Waals surface area contributed by atoms with Gasteiger partial charge in [0.15, 0.2) is 0 Å². The molecule has 0 aromatic heterocycles. The summed E-state index contributed by atoms with van der Waals surface area (Å²) in [6.07, 6.45) is 7.01. The van der Waals surface area contributed by atoms with E-state index in [1.54, 1.807) is 6.92 Å². The van der Waals surface area contributed by atoms with E-state index in [0.29, 0.717) is 19.6 Å². The van der Waals surface area contributed by atoms with E-state index in [4.69, 9.17) is 23.7 Å². The summed E-state index contributed by atoms with van der Waals surface area (Å²) in [7, 11) is 0. The van der Waals surface area contributed by atoms with E-state index < -0.39 is 22.7 Å². The fraction of sp³-hybridized carbons (Fsp3) is 0.808. The van der Waals surface area contributed by atoms with Crippen molar-refractivity contribution in [3.8, 4) is 11.8 Å². The molecule has 0 radical (unpaired) electrons. The summed E-state index contributed by atoms with van der Waals surface area (Å²) in [6.45, 7) is 15.6. The molecule has 0 aromatic rings. The molecule has 0 bridgehead atoms. The highest BCUT2D eigenvalue weighted by Gasteiger charge is 2.72. The van der Waals surface area contributed by atoms with Crippen molar-refractivity contribution in [2.75, 3.05) is 26.8 Å². The van der Waals surface area contributed by atoms with Gasteiger partial charge in [-0.05, 0) is 44.4 Å². The smallest absolute Gasteiger partial charge is 0.308 e. The Hall–Kier alpha value is -1.39. The molecule has 6 heteroatoms. The lowest BCUT2D eigenvalue weighted by molar-refractivity contribution is -0.321. The Morgan fingerprint density at radius 2 is 1.84 bits per heavy atom. The van der Waals surface area contributed by atoms with Gasteiger partial charge in [-0.3, -0.25) is 4.79 Å². The molecule has 2 rings (SSSR count). The molecule has 1 aliphatic carbocycles. The van der Waals surface area contributed by atoms with Gasteiger partial charge < -0.3 is 23.7 Å². The van der Waals surface area contributed by atoms with Gasteiger partial charge in [0.2, 0.25) is 5.60 Å². The molecule has 2 fully saturated rings. The lowest BCUT2D eigenvalue weighted by Crippen LogP contribution is -2.76. The molecule has 0 amide bonds. The highest BCUT2D eigenvalue weighted by Crippen LogP contribution is 2.59. The number of carbonyl (C=O) groups excluding carboxylic acids is 1. The van der Waals surface area contributed by atoms with Crippen LogP contribution in [0.2, 0.25) is 0 Å². The van der Waals surface area contributed by atoms with Crippen LogP contribution in [0.25, 0.3) is 0 Å². The molecule has 0 N–H and O–H groups in total. The van der Waals surface area contributed by atoms with Crippen LogP contribution in [0.3, 0.4) is 0 Å².